The molecule has 0 atom stereocenters. The van der Waals surface area contributed by atoms with Gasteiger partial charge in [0.25, 0.3) is 0 Å². The highest BCUT2D eigenvalue weighted by atomic mass is 19.4. The van der Waals surface area contributed by atoms with Crippen LogP contribution in [0.1, 0.15) is 5.56 Å². The molecule has 0 aliphatic carbocycles. The van der Waals surface area contributed by atoms with E-state index in [1.807, 2.05) is 0 Å². The first-order chi connectivity index (χ1) is 12.4. The van der Waals surface area contributed by atoms with Crippen molar-refractivity contribution in [1.29, 1.82) is 0 Å². The number of alkyl halides is 11. The molecular weight excluding hydrogens is 421 g/mol. The summed E-state index contributed by atoms with van der Waals surface area (Å²) in [6.45, 7) is 1.49. The fourth-order valence-electron chi connectivity index (χ4n) is 1.72. The molecule has 0 aromatic heterocycles. The van der Waals surface area contributed by atoms with E-state index in [0.717, 1.165) is 12.1 Å². The van der Waals surface area contributed by atoms with Crippen LogP contribution in [0.5, 0.6) is 5.75 Å². The summed E-state index contributed by atoms with van der Waals surface area (Å²) in [6.07, 6.45) is -8.41. The first kappa shape index (κ1) is 23.7. The lowest BCUT2D eigenvalue weighted by Gasteiger charge is -2.37. The quantitative estimate of drug-likeness (QED) is 0.245. The number of halogens is 11. The number of carbonyl (C=O) groups excluding carboxylic acids is 1. The Morgan fingerprint density at radius 2 is 1.25 bits per heavy atom. The molecule has 0 saturated heterocycles. The number of benzene rings is 1. The fourth-order valence-corrected chi connectivity index (χ4v) is 1.72. The molecule has 0 aliphatic heterocycles. The van der Waals surface area contributed by atoms with E-state index in [9.17, 15) is 53.1 Å². The third kappa shape index (κ3) is 3.78. The lowest BCUT2D eigenvalue weighted by atomic mass is 9.96. The molecule has 0 bridgehead atoms. The number of allylic oxidation sites excluding steroid dienone is 2. The summed E-state index contributed by atoms with van der Waals surface area (Å²) in [7, 11) is 0. The van der Waals surface area contributed by atoms with Gasteiger partial charge in [-0.25, -0.2) is 0 Å². The molecule has 1 aromatic rings. The average molecular weight is 430 g/mol. The molecule has 0 spiro atoms. The maximum absolute atomic E-state index is 13.9. The summed E-state index contributed by atoms with van der Waals surface area (Å²) in [5, 5.41) is 0. The second kappa shape index (κ2) is 7.24. The van der Waals surface area contributed by atoms with Crippen LogP contribution < -0.4 is 4.74 Å². The van der Waals surface area contributed by atoms with Crippen molar-refractivity contribution in [2.45, 2.75) is 36.8 Å². The van der Waals surface area contributed by atoms with E-state index in [4.69, 9.17) is 0 Å². The highest BCUT2D eigenvalue weighted by Crippen LogP contribution is 2.58. The largest absolute Gasteiger partial charge is 0.460 e. The standard InChI is InChI=1S/C15H9F11O2/c1-8-2-4-9(5-3-8)28-10(6-7-27)11(16,17)12(18,19)13(20,21)14(22,23)15(24,25)26/h2-7H,1H3/b10-6+. The summed E-state index contributed by atoms with van der Waals surface area (Å²) in [5.74, 6) is -32.1. The molecule has 13 heteroatoms. The topological polar surface area (TPSA) is 26.3 Å². The molecule has 28 heavy (non-hydrogen) atoms. The van der Waals surface area contributed by atoms with E-state index >= 15 is 0 Å². The zero-order valence-electron chi connectivity index (χ0n) is 13.4. The van der Waals surface area contributed by atoms with Crippen molar-refractivity contribution in [3.63, 3.8) is 0 Å². The number of carbonyl (C=O) groups is 1. The minimum absolute atomic E-state index is 0.502. The molecule has 0 amide bonds. The zero-order chi connectivity index (χ0) is 22.2. The molecule has 0 fully saturated rings. The van der Waals surface area contributed by atoms with Gasteiger partial charge in [0, 0.05) is 6.08 Å². The molecule has 1 rings (SSSR count). The Balaban J connectivity index is 3.46. The second-order valence-electron chi connectivity index (χ2n) is 5.38. The van der Waals surface area contributed by atoms with Gasteiger partial charge in [-0.3, -0.25) is 4.79 Å². The van der Waals surface area contributed by atoms with Crippen LogP contribution in [0.2, 0.25) is 0 Å². The van der Waals surface area contributed by atoms with Crippen molar-refractivity contribution >= 4 is 6.29 Å². The lowest BCUT2D eigenvalue weighted by Crippen LogP contribution is -2.67. The SMILES string of the molecule is Cc1ccc(O/C(=C/C=O)C(F)(F)C(F)(F)C(F)(F)C(F)(F)C(F)(F)F)cc1. The van der Waals surface area contributed by atoms with Crippen molar-refractivity contribution in [3.05, 3.63) is 41.7 Å². The fraction of sp³-hybridized carbons (Fsp3) is 0.400. The van der Waals surface area contributed by atoms with Gasteiger partial charge in [-0.05, 0) is 19.1 Å². The van der Waals surface area contributed by atoms with Gasteiger partial charge < -0.3 is 4.74 Å². The highest BCUT2D eigenvalue weighted by Gasteiger charge is 2.88. The highest BCUT2D eigenvalue weighted by molar-refractivity contribution is 5.66. The Morgan fingerprint density at radius 1 is 0.786 bits per heavy atom. The molecule has 0 N–H and O–H groups in total. The van der Waals surface area contributed by atoms with E-state index in [0.29, 0.717) is 5.56 Å². The van der Waals surface area contributed by atoms with E-state index in [2.05, 4.69) is 4.74 Å². The Hall–Kier alpha value is -2.34. The maximum Gasteiger partial charge on any atom is 0.460 e. The Bertz CT molecular complexity index is 733. The number of hydrogen-bond acceptors (Lipinski definition) is 2. The number of aryl methyl sites for hydroxylation is 1. The molecule has 2 nitrogen and oxygen atoms in total. The predicted octanol–water partition coefficient (Wildman–Crippen LogP) is 5.56. The summed E-state index contributed by atoms with van der Waals surface area (Å²) >= 11 is 0. The van der Waals surface area contributed by atoms with Crippen LogP contribution in [0.3, 0.4) is 0 Å². The third-order valence-corrected chi connectivity index (χ3v) is 3.32. The molecule has 1 aromatic carbocycles. The van der Waals surface area contributed by atoms with Gasteiger partial charge in [-0.1, -0.05) is 17.7 Å². The van der Waals surface area contributed by atoms with Crippen LogP contribution in [0, 0.1) is 6.92 Å². The summed E-state index contributed by atoms with van der Waals surface area (Å²) < 4.78 is 148. The van der Waals surface area contributed by atoms with Gasteiger partial charge in [-0.2, -0.15) is 48.3 Å². The lowest BCUT2D eigenvalue weighted by molar-refractivity contribution is -0.419. The van der Waals surface area contributed by atoms with Crippen molar-refractivity contribution in [2.75, 3.05) is 0 Å². The molecule has 0 unspecified atom stereocenters. The van der Waals surface area contributed by atoms with Crippen molar-refractivity contribution in [2.24, 2.45) is 0 Å². The monoisotopic (exact) mass is 430 g/mol. The molecular formula is C15H9F11O2. The number of hydrogen-bond donors (Lipinski definition) is 0. The minimum atomic E-state index is -7.60. The number of aldehydes is 1. The molecule has 0 heterocycles. The predicted molar refractivity (Wildman–Crippen MR) is 71.8 cm³/mol. The number of ether oxygens (including phenoxy) is 1. The van der Waals surface area contributed by atoms with Crippen LogP contribution in [-0.4, -0.2) is 36.2 Å². The van der Waals surface area contributed by atoms with Crippen LogP contribution >= 0.6 is 0 Å². The first-order valence-electron chi connectivity index (χ1n) is 6.92. The smallest absolute Gasteiger partial charge is 0.455 e. The van der Waals surface area contributed by atoms with Crippen LogP contribution in [0.4, 0.5) is 48.3 Å². The van der Waals surface area contributed by atoms with Gasteiger partial charge in [-0.15, -0.1) is 0 Å². The second-order valence-corrected chi connectivity index (χ2v) is 5.38. The molecule has 0 radical (unpaired) electrons. The van der Waals surface area contributed by atoms with E-state index < -0.39 is 53.7 Å². The van der Waals surface area contributed by atoms with Gasteiger partial charge >= 0.3 is 29.9 Å². The Kier molecular flexibility index (Phi) is 6.13. The van der Waals surface area contributed by atoms with E-state index in [1.54, 1.807) is 0 Å². The summed E-state index contributed by atoms with van der Waals surface area (Å²) in [5.41, 5.74) is 0.502. The third-order valence-electron chi connectivity index (χ3n) is 3.32. The van der Waals surface area contributed by atoms with E-state index in [-0.39, 0.29) is 0 Å². The molecule has 0 saturated carbocycles. The van der Waals surface area contributed by atoms with Gasteiger partial charge in [0.05, 0.1) is 0 Å². The van der Waals surface area contributed by atoms with Gasteiger partial charge in [0.2, 0.25) is 0 Å². The zero-order valence-corrected chi connectivity index (χ0v) is 13.4. The van der Waals surface area contributed by atoms with Crippen LogP contribution in [0.15, 0.2) is 36.1 Å². The maximum atomic E-state index is 13.9. The molecule has 0 aliphatic rings. The number of rotatable bonds is 7. The van der Waals surface area contributed by atoms with Crippen molar-refractivity contribution < 1.29 is 57.8 Å². The van der Waals surface area contributed by atoms with E-state index in [1.165, 1.54) is 19.1 Å². The Labute approximate surface area is 149 Å². The van der Waals surface area contributed by atoms with Crippen molar-refractivity contribution in [3.8, 4) is 5.75 Å². The normalized spacial score (nSPS) is 14.8. The van der Waals surface area contributed by atoms with Crippen LogP contribution in [0.25, 0.3) is 0 Å². The van der Waals surface area contributed by atoms with Gasteiger partial charge in [0.1, 0.15) is 12.0 Å². The molecule has 158 valence electrons. The Morgan fingerprint density at radius 3 is 1.64 bits per heavy atom. The first-order valence-corrected chi connectivity index (χ1v) is 6.92. The van der Waals surface area contributed by atoms with Gasteiger partial charge in [0.15, 0.2) is 5.76 Å². The van der Waals surface area contributed by atoms with Crippen molar-refractivity contribution in [1.82, 2.24) is 0 Å². The minimum Gasteiger partial charge on any atom is -0.455 e. The summed E-state index contributed by atoms with van der Waals surface area (Å²) in [6, 6.07) is 4.09. The summed E-state index contributed by atoms with van der Waals surface area (Å²) in [4.78, 5) is 10.4. The average Bonchev–Trinajstić information content (AvgIpc) is 2.54. The van der Waals surface area contributed by atoms with Crippen LogP contribution in [-0.2, 0) is 4.79 Å².